The number of aromatic nitrogens is 2. The maximum atomic E-state index is 13.9. The number of rotatable bonds is 8. The van der Waals surface area contributed by atoms with Gasteiger partial charge in [-0.2, -0.15) is 0 Å². The lowest BCUT2D eigenvalue weighted by Gasteiger charge is -2.38. The molecule has 1 aromatic heterocycles. The van der Waals surface area contributed by atoms with Crippen LogP contribution in [0.15, 0.2) is 36.5 Å². The average molecular weight is 468 g/mol. The van der Waals surface area contributed by atoms with Crippen molar-refractivity contribution in [2.24, 2.45) is 11.8 Å². The maximum Gasteiger partial charge on any atom is 0.307 e. The number of nitrogens with one attached hydrogen (secondary N) is 2. The third-order valence-electron chi connectivity index (χ3n) is 5.93. The van der Waals surface area contributed by atoms with Gasteiger partial charge in [-0.15, -0.1) is 0 Å². The smallest absolute Gasteiger partial charge is 0.307 e. The number of benzene rings is 1. The Kier molecular flexibility index (Phi) is 8.25. The second-order valence-electron chi connectivity index (χ2n) is 10.5. The number of hydrogen-bond acceptors (Lipinski definition) is 6. The summed E-state index contributed by atoms with van der Waals surface area (Å²) in [5.74, 6) is -0.151. The van der Waals surface area contributed by atoms with Gasteiger partial charge in [-0.25, -0.2) is 9.97 Å². The number of carboxylic acids is 1. The Morgan fingerprint density at radius 2 is 1.91 bits per heavy atom. The predicted molar refractivity (Wildman–Crippen MR) is 133 cm³/mol. The van der Waals surface area contributed by atoms with Crippen LogP contribution in [0, 0.1) is 11.8 Å². The lowest BCUT2D eigenvalue weighted by atomic mass is 9.93. The Morgan fingerprint density at radius 3 is 2.53 bits per heavy atom. The third kappa shape index (κ3) is 6.53. The van der Waals surface area contributed by atoms with E-state index in [1.807, 2.05) is 51.1 Å². The summed E-state index contributed by atoms with van der Waals surface area (Å²) in [6, 6.07) is 9.74. The van der Waals surface area contributed by atoms with E-state index < -0.39 is 11.9 Å². The first kappa shape index (κ1) is 25.6. The summed E-state index contributed by atoms with van der Waals surface area (Å²) >= 11 is 0. The molecule has 1 amide bonds. The van der Waals surface area contributed by atoms with Crippen LogP contribution in [0.3, 0.4) is 0 Å². The van der Waals surface area contributed by atoms with Crippen LogP contribution in [-0.4, -0.2) is 57.5 Å². The van der Waals surface area contributed by atoms with E-state index in [4.69, 9.17) is 4.98 Å². The fraction of sp³-hybridized carbons (Fsp3) is 0.538. The molecule has 3 N–H and O–H groups in total. The van der Waals surface area contributed by atoms with E-state index in [9.17, 15) is 14.7 Å². The number of hydrogen-bond donors (Lipinski definition) is 3. The van der Waals surface area contributed by atoms with Gasteiger partial charge < -0.3 is 20.6 Å². The number of carbonyl (C=O) groups is 2. The quantitative estimate of drug-likeness (QED) is 0.545. The molecule has 1 fully saturated rings. The van der Waals surface area contributed by atoms with Crippen molar-refractivity contribution in [1.82, 2.24) is 20.2 Å². The van der Waals surface area contributed by atoms with Gasteiger partial charge in [0.2, 0.25) is 0 Å². The highest BCUT2D eigenvalue weighted by Gasteiger charge is 2.34. The van der Waals surface area contributed by atoms with Crippen LogP contribution < -0.4 is 10.6 Å². The zero-order valence-electron chi connectivity index (χ0n) is 20.8. The molecule has 1 aliphatic rings. The number of nitrogens with zero attached hydrogens (tertiary/aromatic N) is 3. The van der Waals surface area contributed by atoms with Crippen LogP contribution in [0.2, 0.25) is 0 Å². The fourth-order valence-electron chi connectivity index (χ4n) is 4.11. The summed E-state index contributed by atoms with van der Waals surface area (Å²) in [7, 11) is 0. The summed E-state index contributed by atoms with van der Waals surface area (Å²) in [6.45, 7) is 12.3. The molecule has 1 saturated heterocycles. The van der Waals surface area contributed by atoms with E-state index in [1.165, 1.54) is 0 Å². The molecule has 0 aliphatic carbocycles. The molecule has 2 aromatic rings. The van der Waals surface area contributed by atoms with Gasteiger partial charge in [0.05, 0.1) is 5.92 Å². The van der Waals surface area contributed by atoms with Gasteiger partial charge in [0.1, 0.15) is 17.2 Å². The molecule has 8 heteroatoms. The third-order valence-corrected chi connectivity index (χ3v) is 5.93. The Hall–Kier alpha value is -3.00. The van der Waals surface area contributed by atoms with Crippen molar-refractivity contribution in [2.75, 3.05) is 25.0 Å². The molecule has 0 saturated carbocycles. The monoisotopic (exact) mass is 467 g/mol. The van der Waals surface area contributed by atoms with Crippen LogP contribution >= 0.6 is 0 Å². The summed E-state index contributed by atoms with van der Waals surface area (Å²) in [4.78, 5) is 36.6. The van der Waals surface area contributed by atoms with Gasteiger partial charge in [0.25, 0.3) is 5.91 Å². The van der Waals surface area contributed by atoms with Gasteiger partial charge in [0, 0.05) is 43.8 Å². The zero-order valence-corrected chi connectivity index (χ0v) is 20.8. The number of carboxylic acid groups (broad SMARTS) is 1. The Labute approximate surface area is 202 Å². The number of piperidine rings is 1. The van der Waals surface area contributed by atoms with Crippen LogP contribution in [0.4, 0.5) is 5.82 Å². The molecule has 0 bridgehead atoms. The van der Waals surface area contributed by atoms with Crippen LogP contribution in [0.1, 0.15) is 62.8 Å². The van der Waals surface area contributed by atoms with Gasteiger partial charge in [-0.05, 0) is 17.9 Å². The van der Waals surface area contributed by atoms with E-state index in [0.717, 1.165) is 5.56 Å². The van der Waals surface area contributed by atoms with E-state index in [0.29, 0.717) is 49.8 Å². The van der Waals surface area contributed by atoms with Gasteiger partial charge in [-0.3, -0.25) is 9.59 Å². The van der Waals surface area contributed by atoms with Crippen LogP contribution in [0.25, 0.3) is 0 Å². The lowest BCUT2D eigenvalue weighted by molar-refractivity contribution is -0.142. The Morgan fingerprint density at radius 1 is 1.21 bits per heavy atom. The predicted octanol–water partition coefficient (Wildman–Crippen LogP) is 3.55. The molecule has 1 aliphatic heterocycles. The van der Waals surface area contributed by atoms with Crippen molar-refractivity contribution in [3.63, 3.8) is 0 Å². The molecule has 2 atom stereocenters. The molecule has 8 nitrogen and oxygen atoms in total. The molecule has 2 heterocycles. The molecule has 34 heavy (non-hydrogen) atoms. The highest BCUT2D eigenvalue weighted by molar-refractivity contribution is 5.98. The van der Waals surface area contributed by atoms with E-state index >= 15 is 0 Å². The average Bonchev–Trinajstić information content (AvgIpc) is 2.80. The van der Waals surface area contributed by atoms with Crippen LogP contribution in [-0.2, 0) is 16.8 Å². The van der Waals surface area contributed by atoms with Gasteiger partial charge in [-0.1, -0.05) is 65.0 Å². The van der Waals surface area contributed by atoms with Crippen LogP contribution in [0.5, 0.6) is 0 Å². The van der Waals surface area contributed by atoms with Crippen molar-refractivity contribution < 1.29 is 14.7 Å². The van der Waals surface area contributed by atoms with Crippen molar-refractivity contribution in [1.29, 1.82) is 0 Å². The minimum Gasteiger partial charge on any atom is -0.481 e. The van der Waals surface area contributed by atoms with Gasteiger partial charge in [0.15, 0.2) is 0 Å². The molecule has 0 radical (unpaired) electrons. The molecule has 184 valence electrons. The summed E-state index contributed by atoms with van der Waals surface area (Å²) in [6.07, 6.45) is 2.04. The van der Waals surface area contributed by atoms with E-state index in [-0.39, 0.29) is 23.3 Å². The first-order chi connectivity index (χ1) is 16.1. The zero-order chi connectivity index (χ0) is 24.9. The highest BCUT2D eigenvalue weighted by atomic mass is 16.4. The largest absolute Gasteiger partial charge is 0.481 e. The van der Waals surface area contributed by atoms with Crippen molar-refractivity contribution in [3.8, 4) is 0 Å². The lowest BCUT2D eigenvalue weighted by Crippen LogP contribution is -2.53. The first-order valence-electron chi connectivity index (χ1n) is 12.0. The second-order valence-corrected chi connectivity index (χ2v) is 10.5. The number of amides is 1. The second kappa shape index (κ2) is 11.0. The molecular formula is C26H37N5O3. The summed E-state index contributed by atoms with van der Waals surface area (Å²) < 4.78 is 0. The van der Waals surface area contributed by atoms with Crippen molar-refractivity contribution >= 4 is 17.7 Å². The van der Waals surface area contributed by atoms with E-state index in [1.54, 1.807) is 11.1 Å². The number of carbonyl (C=O) groups excluding carboxylic acids is 1. The molecular weight excluding hydrogens is 430 g/mol. The van der Waals surface area contributed by atoms with E-state index in [2.05, 4.69) is 29.5 Å². The molecule has 1 aromatic carbocycles. The first-order valence-corrected chi connectivity index (χ1v) is 12.0. The molecule has 0 spiro atoms. The highest BCUT2D eigenvalue weighted by Crippen LogP contribution is 2.25. The maximum absolute atomic E-state index is 13.9. The summed E-state index contributed by atoms with van der Waals surface area (Å²) in [5.41, 5.74) is 1.21. The SMILES string of the molecule is CC(C)CN(C(=O)c1cnc(C(C)(C)C)nc1NCc1ccccc1)[C@@H]1CNC[C@H](C(=O)O)C1. The molecule has 0 unspecified atom stereocenters. The Balaban J connectivity index is 1.94. The summed E-state index contributed by atoms with van der Waals surface area (Å²) in [5, 5.41) is 16.1. The topological polar surface area (TPSA) is 107 Å². The fourth-order valence-corrected chi connectivity index (χ4v) is 4.11. The Bertz CT molecular complexity index is 988. The normalized spacial score (nSPS) is 18.5. The van der Waals surface area contributed by atoms with Crippen molar-refractivity contribution in [2.45, 2.75) is 59.0 Å². The number of aliphatic carboxylic acids is 1. The van der Waals surface area contributed by atoms with Gasteiger partial charge >= 0.3 is 5.97 Å². The molecule has 3 rings (SSSR count). The van der Waals surface area contributed by atoms with Crippen molar-refractivity contribution in [3.05, 3.63) is 53.5 Å². The standard InChI is InChI=1S/C26H37N5O3/c1-17(2)16-31(20-11-19(24(33)34)13-27-14-20)23(32)21-15-29-25(26(3,4)5)30-22(21)28-12-18-9-7-6-8-10-18/h6-10,15,17,19-20,27H,11-14,16H2,1-5H3,(H,33,34)(H,28,29,30)/t19-,20+/m1/s1. The minimum absolute atomic E-state index is 0.178. The number of anilines is 1. The minimum atomic E-state index is -0.836.